The fourth-order valence-electron chi connectivity index (χ4n) is 0.761. The van der Waals surface area contributed by atoms with E-state index in [4.69, 9.17) is 22.4 Å². The Balaban J connectivity index is 0.000001000. The third kappa shape index (κ3) is 2.17. The highest BCUT2D eigenvalue weighted by Gasteiger charge is 2.01. The van der Waals surface area contributed by atoms with Gasteiger partial charge in [0.15, 0.2) is 5.75 Å². The molecule has 0 aliphatic rings. The lowest BCUT2D eigenvalue weighted by molar-refractivity contribution is 0.478. The van der Waals surface area contributed by atoms with Crippen molar-refractivity contribution in [3.8, 4) is 5.75 Å². The van der Waals surface area contributed by atoms with Crippen LogP contribution in [-0.2, 0) is 0 Å². The van der Waals surface area contributed by atoms with Crippen molar-refractivity contribution in [2.45, 2.75) is 6.92 Å². The van der Waals surface area contributed by atoms with Gasteiger partial charge in [0.25, 0.3) is 0 Å². The van der Waals surface area contributed by atoms with Gasteiger partial charge in [-0.15, -0.1) is 12.4 Å². The predicted molar refractivity (Wildman–Crippen MR) is 49.5 cm³/mol. The molecule has 0 radical (unpaired) electrons. The summed E-state index contributed by atoms with van der Waals surface area (Å²) in [4.78, 5) is 0. The van der Waals surface area contributed by atoms with Crippen molar-refractivity contribution >= 4 is 29.7 Å². The molecule has 0 heterocycles. The Kier molecular flexibility index (Phi) is 3.49. The molecule has 1 aromatic carbocycles. The van der Waals surface area contributed by atoms with Crippen LogP contribution in [-0.4, -0.2) is 5.11 Å². The Hall–Kier alpha value is -0.600. The van der Waals surface area contributed by atoms with Crippen molar-refractivity contribution in [1.29, 1.82) is 0 Å². The maximum Gasteiger partial charge on any atom is 0.157 e. The van der Waals surface area contributed by atoms with E-state index < -0.39 is 0 Å². The molecule has 1 aromatic rings. The fraction of sp³-hybridized carbons (Fsp3) is 0.143. The van der Waals surface area contributed by atoms with Gasteiger partial charge < -0.3 is 10.8 Å². The molecule has 0 spiro atoms. The van der Waals surface area contributed by atoms with Crippen LogP contribution in [0.3, 0.4) is 0 Å². The molecule has 0 fully saturated rings. The van der Waals surface area contributed by atoms with E-state index >= 15 is 0 Å². The van der Waals surface area contributed by atoms with Crippen LogP contribution in [0.1, 0.15) is 5.56 Å². The van der Waals surface area contributed by atoms with E-state index in [0.717, 1.165) is 5.56 Å². The molecule has 0 unspecified atom stereocenters. The molecule has 4 heteroatoms. The minimum atomic E-state index is -0.0349. The number of rotatable bonds is 0. The third-order valence-electron chi connectivity index (χ3n) is 1.24. The van der Waals surface area contributed by atoms with Crippen LogP contribution in [0.4, 0.5) is 5.69 Å². The van der Waals surface area contributed by atoms with Crippen LogP contribution in [0, 0.1) is 6.92 Å². The Morgan fingerprint density at radius 1 is 1.45 bits per heavy atom. The Labute approximate surface area is 76.4 Å². The minimum Gasteiger partial charge on any atom is -0.504 e. The summed E-state index contributed by atoms with van der Waals surface area (Å²) in [5.41, 5.74) is 6.66. The predicted octanol–water partition coefficient (Wildman–Crippen LogP) is 2.36. The van der Waals surface area contributed by atoms with Crippen molar-refractivity contribution in [3.05, 3.63) is 22.7 Å². The molecule has 0 bridgehead atoms. The van der Waals surface area contributed by atoms with Gasteiger partial charge in [-0.1, -0.05) is 11.6 Å². The summed E-state index contributed by atoms with van der Waals surface area (Å²) in [6, 6.07) is 3.33. The van der Waals surface area contributed by atoms with E-state index in [2.05, 4.69) is 0 Å². The standard InChI is InChI=1S/C7H8ClNO.ClH/c1-4-2-5(8)7(10)6(9)3-4;/h2-3,10H,9H2,1H3;1H. The normalized spacial score (nSPS) is 8.91. The van der Waals surface area contributed by atoms with Crippen molar-refractivity contribution in [2.24, 2.45) is 0 Å². The highest BCUT2D eigenvalue weighted by atomic mass is 35.5. The summed E-state index contributed by atoms with van der Waals surface area (Å²) in [6.45, 7) is 1.86. The molecule has 0 atom stereocenters. The second-order valence-electron chi connectivity index (χ2n) is 2.18. The van der Waals surface area contributed by atoms with Gasteiger partial charge in [0.2, 0.25) is 0 Å². The summed E-state index contributed by atoms with van der Waals surface area (Å²) in [5.74, 6) is -0.0349. The number of phenols is 1. The van der Waals surface area contributed by atoms with Gasteiger partial charge in [-0.3, -0.25) is 0 Å². The monoisotopic (exact) mass is 193 g/mol. The maximum atomic E-state index is 9.07. The molecule has 62 valence electrons. The molecule has 0 amide bonds. The second kappa shape index (κ2) is 3.69. The molecular weight excluding hydrogens is 185 g/mol. The van der Waals surface area contributed by atoms with Gasteiger partial charge in [0.1, 0.15) is 0 Å². The van der Waals surface area contributed by atoms with Crippen LogP contribution in [0.15, 0.2) is 12.1 Å². The van der Waals surface area contributed by atoms with Gasteiger partial charge in [0, 0.05) is 0 Å². The first-order valence-corrected chi connectivity index (χ1v) is 3.23. The summed E-state index contributed by atoms with van der Waals surface area (Å²) < 4.78 is 0. The number of nitrogen functional groups attached to an aromatic ring is 1. The summed E-state index contributed by atoms with van der Waals surface area (Å²) in [5, 5.41) is 9.38. The zero-order valence-corrected chi connectivity index (χ0v) is 7.54. The number of nitrogens with two attached hydrogens (primary N) is 1. The van der Waals surface area contributed by atoms with E-state index in [1.54, 1.807) is 12.1 Å². The van der Waals surface area contributed by atoms with Gasteiger partial charge in [0.05, 0.1) is 10.7 Å². The second-order valence-corrected chi connectivity index (χ2v) is 2.59. The smallest absolute Gasteiger partial charge is 0.157 e. The van der Waals surface area contributed by atoms with E-state index in [0.29, 0.717) is 10.7 Å². The first-order valence-electron chi connectivity index (χ1n) is 2.86. The van der Waals surface area contributed by atoms with Gasteiger partial charge in [-0.2, -0.15) is 0 Å². The summed E-state index contributed by atoms with van der Waals surface area (Å²) in [6.07, 6.45) is 0. The lowest BCUT2D eigenvalue weighted by Crippen LogP contribution is -1.86. The largest absolute Gasteiger partial charge is 0.504 e. The average molecular weight is 194 g/mol. The molecule has 3 N–H and O–H groups in total. The van der Waals surface area contributed by atoms with Crippen LogP contribution < -0.4 is 5.73 Å². The summed E-state index contributed by atoms with van der Waals surface area (Å²) >= 11 is 5.59. The topological polar surface area (TPSA) is 46.2 Å². The lowest BCUT2D eigenvalue weighted by Gasteiger charge is -2.01. The van der Waals surface area contributed by atoms with E-state index in [9.17, 15) is 0 Å². The number of anilines is 1. The average Bonchev–Trinajstić information content (AvgIpc) is 1.82. The molecule has 1 rings (SSSR count). The Morgan fingerprint density at radius 2 is 2.00 bits per heavy atom. The number of hydrogen-bond donors (Lipinski definition) is 2. The SMILES string of the molecule is Cc1cc(N)c(O)c(Cl)c1.Cl. The maximum absolute atomic E-state index is 9.07. The number of aromatic hydroxyl groups is 1. The zero-order valence-electron chi connectivity index (χ0n) is 5.97. The lowest BCUT2D eigenvalue weighted by atomic mass is 10.2. The molecule has 0 aliphatic carbocycles. The van der Waals surface area contributed by atoms with Crippen LogP contribution in [0.2, 0.25) is 5.02 Å². The Bertz CT molecular complexity index is 240. The zero-order chi connectivity index (χ0) is 7.72. The minimum absolute atomic E-state index is 0. The number of halogens is 2. The molecule has 2 nitrogen and oxygen atoms in total. The quantitative estimate of drug-likeness (QED) is 0.491. The highest BCUT2D eigenvalue weighted by Crippen LogP contribution is 2.30. The van der Waals surface area contributed by atoms with Crippen molar-refractivity contribution in [2.75, 3.05) is 5.73 Å². The number of aryl methyl sites for hydroxylation is 1. The van der Waals surface area contributed by atoms with Gasteiger partial charge in [-0.05, 0) is 24.6 Å². The highest BCUT2D eigenvalue weighted by molar-refractivity contribution is 6.32. The molecule has 0 aromatic heterocycles. The van der Waals surface area contributed by atoms with Crippen molar-refractivity contribution in [1.82, 2.24) is 0 Å². The number of hydrogen-bond acceptors (Lipinski definition) is 2. The fourth-order valence-corrected chi connectivity index (χ4v) is 1.04. The Morgan fingerprint density at radius 3 is 2.45 bits per heavy atom. The first-order chi connectivity index (χ1) is 4.61. The molecular formula is C7H9Cl2NO. The molecule has 0 saturated heterocycles. The van der Waals surface area contributed by atoms with E-state index in [-0.39, 0.29) is 18.2 Å². The van der Waals surface area contributed by atoms with Crippen LogP contribution >= 0.6 is 24.0 Å². The van der Waals surface area contributed by atoms with E-state index in [1.807, 2.05) is 6.92 Å². The van der Waals surface area contributed by atoms with Gasteiger partial charge in [-0.25, -0.2) is 0 Å². The van der Waals surface area contributed by atoms with Crippen LogP contribution in [0.25, 0.3) is 0 Å². The molecule has 11 heavy (non-hydrogen) atoms. The molecule has 0 saturated carbocycles. The molecule has 0 aliphatic heterocycles. The van der Waals surface area contributed by atoms with E-state index in [1.165, 1.54) is 0 Å². The van der Waals surface area contributed by atoms with Crippen molar-refractivity contribution in [3.63, 3.8) is 0 Å². The van der Waals surface area contributed by atoms with Crippen molar-refractivity contribution < 1.29 is 5.11 Å². The number of phenolic OH excluding ortho intramolecular Hbond substituents is 1. The van der Waals surface area contributed by atoms with Crippen LogP contribution in [0.5, 0.6) is 5.75 Å². The first kappa shape index (κ1) is 10.4. The third-order valence-corrected chi connectivity index (χ3v) is 1.53. The number of benzene rings is 1. The van der Waals surface area contributed by atoms with Gasteiger partial charge >= 0.3 is 0 Å². The summed E-state index contributed by atoms with van der Waals surface area (Å²) in [7, 11) is 0.